The summed E-state index contributed by atoms with van der Waals surface area (Å²) in [7, 11) is 3.80. The van der Waals surface area contributed by atoms with Gasteiger partial charge in [-0.15, -0.1) is 0 Å². The molecule has 4 nitrogen and oxygen atoms in total. The molecule has 1 atom stereocenters. The minimum Gasteiger partial charge on any atom is -0.374 e. The number of ether oxygens (including phenoxy) is 1. The average molecular weight is 199 g/mol. The number of hydrogen-bond acceptors (Lipinski definition) is 3. The van der Waals surface area contributed by atoms with Crippen LogP contribution in [-0.4, -0.2) is 62.1 Å². The number of nitrogens with zero attached hydrogens (tertiary/aromatic N) is 2. The van der Waals surface area contributed by atoms with E-state index < -0.39 is 0 Å². The number of nitrogens with one attached hydrogen (secondary N) is 1. The zero-order valence-electron chi connectivity index (χ0n) is 9.42. The van der Waals surface area contributed by atoms with E-state index in [0.29, 0.717) is 5.84 Å². The summed E-state index contributed by atoms with van der Waals surface area (Å²) in [5.41, 5.74) is 0. The third-order valence-corrected chi connectivity index (χ3v) is 2.80. The molecule has 0 amide bonds. The van der Waals surface area contributed by atoms with Crippen molar-refractivity contribution in [1.82, 2.24) is 9.80 Å². The van der Waals surface area contributed by atoms with Crippen LogP contribution in [0.25, 0.3) is 0 Å². The van der Waals surface area contributed by atoms with Crippen LogP contribution in [0.2, 0.25) is 0 Å². The van der Waals surface area contributed by atoms with Crippen LogP contribution in [0.15, 0.2) is 0 Å². The summed E-state index contributed by atoms with van der Waals surface area (Å²) < 4.78 is 5.26. The molecule has 0 aromatic rings. The Labute approximate surface area is 86.3 Å². The van der Waals surface area contributed by atoms with Crippen molar-refractivity contribution in [3.8, 4) is 0 Å². The van der Waals surface area contributed by atoms with Gasteiger partial charge in [0.05, 0.1) is 0 Å². The molecule has 1 heterocycles. The molecule has 0 spiro atoms. The first kappa shape index (κ1) is 11.5. The summed E-state index contributed by atoms with van der Waals surface area (Å²) in [6.45, 7) is 6.05. The molecule has 14 heavy (non-hydrogen) atoms. The lowest BCUT2D eigenvalue weighted by atomic mass is 10.2. The Morgan fingerprint density at radius 3 is 2.36 bits per heavy atom. The second kappa shape index (κ2) is 5.32. The van der Waals surface area contributed by atoms with Gasteiger partial charge in [-0.1, -0.05) is 6.92 Å². The van der Waals surface area contributed by atoms with Gasteiger partial charge in [0, 0.05) is 33.3 Å². The van der Waals surface area contributed by atoms with Crippen LogP contribution < -0.4 is 0 Å². The molecule has 0 aromatic heterocycles. The van der Waals surface area contributed by atoms with Crippen molar-refractivity contribution < 1.29 is 4.74 Å². The molecule has 0 radical (unpaired) electrons. The Balaban J connectivity index is 2.44. The fourth-order valence-electron chi connectivity index (χ4n) is 1.72. The molecular formula is C10H21N3O. The van der Waals surface area contributed by atoms with E-state index in [-0.39, 0.29) is 6.10 Å². The Kier molecular flexibility index (Phi) is 4.35. The topological polar surface area (TPSA) is 39.6 Å². The standard InChI is InChI=1S/C10H21N3O/c1-4-9(14-3)10(11)13-7-5-12(2)6-8-13/h9,11H,4-8H2,1-3H3. The molecule has 1 N–H and O–H groups in total. The molecule has 1 aliphatic rings. The van der Waals surface area contributed by atoms with Crippen LogP contribution >= 0.6 is 0 Å². The van der Waals surface area contributed by atoms with Crippen molar-refractivity contribution >= 4 is 5.84 Å². The highest BCUT2D eigenvalue weighted by molar-refractivity contribution is 5.83. The first-order valence-electron chi connectivity index (χ1n) is 5.23. The Morgan fingerprint density at radius 2 is 1.93 bits per heavy atom. The predicted octanol–water partition coefficient (Wildman–Crippen LogP) is 0.636. The van der Waals surface area contributed by atoms with E-state index in [1.165, 1.54) is 0 Å². The van der Waals surface area contributed by atoms with Crippen LogP contribution in [0, 0.1) is 5.41 Å². The molecule has 1 saturated heterocycles. The van der Waals surface area contributed by atoms with Gasteiger partial charge in [0.25, 0.3) is 0 Å². The summed E-state index contributed by atoms with van der Waals surface area (Å²) >= 11 is 0. The van der Waals surface area contributed by atoms with Crippen LogP contribution in [0.3, 0.4) is 0 Å². The summed E-state index contributed by atoms with van der Waals surface area (Å²) in [6.07, 6.45) is 0.847. The lowest BCUT2D eigenvalue weighted by Gasteiger charge is -2.36. The molecular weight excluding hydrogens is 178 g/mol. The highest BCUT2D eigenvalue weighted by Gasteiger charge is 2.21. The molecule has 1 fully saturated rings. The smallest absolute Gasteiger partial charge is 0.126 e. The highest BCUT2D eigenvalue weighted by atomic mass is 16.5. The normalized spacial score (nSPS) is 20.9. The first-order chi connectivity index (χ1) is 6.69. The van der Waals surface area contributed by atoms with E-state index in [1.54, 1.807) is 7.11 Å². The number of piperazine rings is 1. The third kappa shape index (κ3) is 2.69. The largest absolute Gasteiger partial charge is 0.374 e. The van der Waals surface area contributed by atoms with E-state index >= 15 is 0 Å². The van der Waals surface area contributed by atoms with Gasteiger partial charge in [-0.25, -0.2) is 0 Å². The van der Waals surface area contributed by atoms with Crippen molar-refractivity contribution in [3.05, 3.63) is 0 Å². The molecule has 0 aromatic carbocycles. The first-order valence-corrected chi connectivity index (χ1v) is 5.23. The van der Waals surface area contributed by atoms with Gasteiger partial charge in [-0.05, 0) is 13.5 Å². The molecule has 1 unspecified atom stereocenters. The average Bonchev–Trinajstić information content (AvgIpc) is 2.20. The fourth-order valence-corrected chi connectivity index (χ4v) is 1.72. The van der Waals surface area contributed by atoms with Gasteiger partial charge in [0.2, 0.25) is 0 Å². The number of amidine groups is 1. The van der Waals surface area contributed by atoms with E-state index in [4.69, 9.17) is 10.1 Å². The van der Waals surface area contributed by atoms with Gasteiger partial charge < -0.3 is 14.5 Å². The Bertz CT molecular complexity index is 184. The van der Waals surface area contributed by atoms with Crippen LogP contribution in [-0.2, 0) is 4.74 Å². The molecule has 1 aliphatic heterocycles. The van der Waals surface area contributed by atoms with E-state index in [2.05, 4.69) is 23.8 Å². The number of likely N-dealkylation sites (N-methyl/N-ethyl adjacent to an activating group) is 1. The summed E-state index contributed by atoms with van der Waals surface area (Å²) in [6, 6.07) is 0. The van der Waals surface area contributed by atoms with E-state index in [1.807, 2.05) is 0 Å². The second-order valence-corrected chi connectivity index (χ2v) is 3.81. The predicted molar refractivity (Wildman–Crippen MR) is 57.9 cm³/mol. The van der Waals surface area contributed by atoms with Crippen molar-refractivity contribution in [3.63, 3.8) is 0 Å². The highest BCUT2D eigenvalue weighted by Crippen LogP contribution is 2.06. The second-order valence-electron chi connectivity index (χ2n) is 3.81. The summed E-state index contributed by atoms with van der Waals surface area (Å²) in [4.78, 5) is 4.41. The molecule has 4 heteroatoms. The van der Waals surface area contributed by atoms with E-state index in [9.17, 15) is 0 Å². The number of rotatable bonds is 3. The van der Waals surface area contributed by atoms with Gasteiger partial charge >= 0.3 is 0 Å². The molecule has 1 rings (SSSR count). The van der Waals surface area contributed by atoms with Gasteiger partial charge in [0.1, 0.15) is 11.9 Å². The van der Waals surface area contributed by atoms with Crippen LogP contribution in [0.1, 0.15) is 13.3 Å². The lowest BCUT2D eigenvalue weighted by Crippen LogP contribution is -2.50. The maximum Gasteiger partial charge on any atom is 0.126 e. The quantitative estimate of drug-likeness (QED) is 0.535. The number of hydrogen-bond donors (Lipinski definition) is 1. The third-order valence-electron chi connectivity index (χ3n) is 2.80. The fraction of sp³-hybridized carbons (Fsp3) is 0.900. The minimum atomic E-state index is -0.0293. The zero-order chi connectivity index (χ0) is 10.6. The van der Waals surface area contributed by atoms with Gasteiger partial charge in [-0.3, -0.25) is 5.41 Å². The van der Waals surface area contributed by atoms with Crippen molar-refractivity contribution in [2.24, 2.45) is 0 Å². The Morgan fingerprint density at radius 1 is 1.36 bits per heavy atom. The summed E-state index contributed by atoms with van der Waals surface area (Å²) in [5.74, 6) is 0.642. The van der Waals surface area contributed by atoms with Gasteiger partial charge in [0.15, 0.2) is 0 Å². The monoisotopic (exact) mass is 199 g/mol. The maximum atomic E-state index is 7.99. The van der Waals surface area contributed by atoms with Crippen molar-refractivity contribution in [2.75, 3.05) is 40.3 Å². The zero-order valence-corrected chi connectivity index (χ0v) is 9.42. The molecule has 0 aliphatic carbocycles. The van der Waals surface area contributed by atoms with Crippen molar-refractivity contribution in [1.29, 1.82) is 5.41 Å². The van der Waals surface area contributed by atoms with Crippen LogP contribution in [0.5, 0.6) is 0 Å². The van der Waals surface area contributed by atoms with Crippen molar-refractivity contribution in [2.45, 2.75) is 19.4 Å². The van der Waals surface area contributed by atoms with Crippen LogP contribution in [0.4, 0.5) is 0 Å². The van der Waals surface area contributed by atoms with Gasteiger partial charge in [-0.2, -0.15) is 0 Å². The SMILES string of the molecule is CCC(OC)C(=N)N1CCN(C)CC1. The molecule has 0 bridgehead atoms. The molecule has 0 saturated carbocycles. The minimum absolute atomic E-state index is 0.0293. The van der Waals surface area contributed by atoms with E-state index in [0.717, 1.165) is 32.6 Å². The molecule has 82 valence electrons. The number of methoxy groups -OCH3 is 1. The lowest BCUT2D eigenvalue weighted by molar-refractivity contribution is 0.128. The Hall–Kier alpha value is -0.610. The summed E-state index contributed by atoms with van der Waals surface area (Å²) in [5, 5.41) is 7.99. The maximum absolute atomic E-state index is 7.99.